The van der Waals surface area contributed by atoms with Gasteiger partial charge < -0.3 is 9.84 Å². The Morgan fingerprint density at radius 2 is 2.07 bits per heavy atom. The van der Waals surface area contributed by atoms with Crippen molar-refractivity contribution >= 4 is 17.6 Å². The highest BCUT2D eigenvalue weighted by atomic mass is 35.5. The topological polar surface area (TPSA) is 46.5 Å². The van der Waals surface area contributed by atoms with Crippen molar-refractivity contribution in [3.63, 3.8) is 0 Å². The van der Waals surface area contributed by atoms with Crippen molar-refractivity contribution in [3.8, 4) is 5.75 Å². The molecule has 0 aliphatic heterocycles. The van der Waals surface area contributed by atoms with Crippen LogP contribution < -0.4 is 4.74 Å². The van der Waals surface area contributed by atoms with Crippen LogP contribution in [0.5, 0.6) is 5.75 Å². The summed E-state index contributed by atoms with van der Waals surface area (Å²) in [7, 11) is 0. The number of carboxylic acid groups (broad SMARTS) is 1. The van der Waals surface area contributed by atoms with Crippen molar-refractivity contribution in [1.29, 1.82) is 0 Å². The molecule has 3 nitrogen and oxygen atoms in total. The summed E-state index contributed by atoms with van der Waals surface area (Å²) in [5.74, 6) is -0.123. The lowest BCUT2D eigenvalue weighted by Gasteiger charge is -2.06. The molecule has 0 aromatic heterocycles. The molecular weight excluding hydrogens is 216 g/mol. The molecule has 0 unspecified atom stereocenters. The molecule has 0 heterocycles. The molecular formula is C11H13ClO3. The van der Waals surface area contributed by atoms with E-state index in [0.717, 1.165) is 6.42 Å². The predicted octanol–water partition coefficient (Wildman–Crippen LogP) is 2.97. The Morgan fingerprint density at radius 1 is 1.33 bits per heavy atom. The molecule has 82 valence electrons. The summed E-state index contributed by atoms with van der Waals surface area (Å²) in [5, 5.41) is 8.99. The van der Waals surface area contributed by atoms with Gasteiger partial charge in [0.15, 0.2) is 0 Å². The van der Waals surface area contributed by atoms with Gasteiger partial charge in [0.1, 0.15) is 5.75 Å². The zero-order valence-electron chi connectivity index (χ0n) is 8.28. The van der Waals surface area contributed by atoms with Crippen molar-refractivity contribution in [2.24, 2.45) is 0 Å². The summed E-state index contributed by atoms with van der Waals surface area (Å²) in [4.78, 5) is 10.2. The van der Waals surface area contributed by atoms with Crippen LogP contribution in [0, 0.1) is 0 Å². The van der Waals surface area contributed by atoms with Gasteiger partial charge in [-0.15, -0.1) is 0 Å². The van der Waals surface area contributed by atoms with Gasteiger partial charge in [-0.25, -0.2) is 0 Å². The van der Waals surface area contributed by atoms with E-state index in [0.29, 0.717) is 23.8 Å². The molecule has 4 heteroatoms. The van der Waals surface area contributed by atoms with Crippen LogP contribution >= 0.6 is 11.6 Å². The molecule has 0 fully saturated rings. The van der Waals surface area contributed by atoms with Gasteiger partial charge in [0.05, 0.1) is 11.6 Å². The quantitative estimate of drug-likeness (QED) is 0.762. The summed E-state index contributed by atoms with van der Waals surface area (Å²) < 4.78 is 5.39. The van der Waals surface area contributed by atoms with Crippen LogP contribution in [0.4, 0.5) is 0 Å². The third kappa shape index (κ3) is 4.70. The Labute approximate surface area is 93.6 Å². The van der Waals surface area contributed by atoms with E-state index in [4.69, 9.17) is 21.4 Å². The highest BCUT2D eigenvalue weighted by Gasteiger charge is 2.00. The van der Waals surface area contributed by atoms with Gasteiger partial charge >= 0.3 is 5.97 Å². The lowest BCUT2D eigenvalue weighted by atomic mass is 10.2. The van der Waals surface area contributed by atoms with Gasteiger partial charge in [-0.05, 0) is 25.0 Å². The highest BCUT2D eigenvalue weighted by Crippen LogP contribution is 2.23. The zero-order chi connectivity index (χ0) is 11.1. The van der Waals surface area contributed by atoms with Gasteiger partial charge in [0.25, 0.3) is 0 Å². The molecule has 1 N–H and O–H groups in total. The molecule has 0 aliphatic carbocycles. The first-order chi connectivity index (χ1) is 7.20. The third-order valence-corrected chi connectivity index (χ3v) is 2.19. The Hall–Kier alpha value is -1.22. The molecule has 0 saturated carbocycles. The monoisotopic (exact) mass is 228 g/mol. The maximum atomic E-state index is 10.2. The molecule has 1 aromatic carbocycles. The number of para-hydroxylation sites is 1. The van der Waals surface area contributed by atoms with E-state index < -0.39 is 5.97 Å². The van der Waals surface area contributed by atoms with E-state index in [-0.39, 0.29) is 6.42 Å². The maximum Gasteiger partial charge on any atom is 0.303 e. The number of rotatable bonds is 6. The lowest BCUT2D eigenvalue weighted by Crippen LogP contribution is -2.00. The largest absolute Gasteiger partial charge is 0.492 e. The van der Waals surface area contributed by atoms with Gasteiger partial charge in [-0.2, -0.15) is 0 Å². The van der Waals surface area contributed by atoms with E-state index in [9.17, 15) is 4.79 Å². The summed E-state index contributed by atoms with van der Waals surface area (Å²) >= 11 is 5.87. The smallest absolute Gasteiger partial charge is 0.303 e. The molecule has 0 spiro atoms. The second-order valence-electron chi connectivity index (χ2n) is 3.13. The summed E-state index contributed by atoms with van der Waals surface area (Å²) in [5.41, 5.74) is 0. The van der Waals surface area contributed by atoms with Crippen LogP contribution in [-0.2, 0) is 4.79 Å². The third-order valence-electron chi connectivity index (χ3n) is 1.88. The van der Waals surface area contributed by atoms with Gasteiger partial charge in [0.2, 0.25) is 0 Å². The van der Waals surface area contributed by atoms with Crippen LogP contribution in [0.3, 0.4) is 0 Å². The molecule has 1 rings (SSSR count). The van der Waals surface area contributed by atoms with E-state index >= 15 is 0 Å². The van der Waals surface area contributed by atoms with E-state index in [1.165, 1.54) is 0 Å². The molecule has 0 bridgehead atoms. The molecule has 0 amide bonds. The molecule has 15 heavy (non-hydrogen) atoms. The number of unbranched alkanes of at least 4 members (excludes halogenated alkanes) is 1. The fourth-order valence-corrected chi connectivity index (χ4v) is 1.31. The lowest BCUT2D eigenvalue weighted by molar-refractivity contribution is -0.137. The van der Waals surface area contributed by atoms with Crippen molar-refractivity contribution in [3.05, 3.63) is 29.3 Å². The van der Waals surface area contributed by atoms with Gasteiger partial charge in [-0.3, -0.25) is 4.79 Å². The number of ether oxygens (including phenoxy) is 1. The van der Waals surface area contributed by atoms with Crippen LogP contribution in [0.25, 0.3) is 0 Å². The first-order valence-electron chi connectivity index (χ1n) is 4.79. The van der Waals surface area contributed by atoms with E-state index in [2.05, 4.69) is 0 Å². The number of carbonyl (C=O) groups is 1. The summed E-state index contributed by atoms with van der Waals surface area (Å²) in [6.07, 6.45) is 1.53. The van der Waals surface area contributed by atoms with E-state index in [1.54, 1.807) is 12.1 Å². The SMILES string of the molecule is O=C(O)CCCCOc1ccccc1Cl. The molecule has 0 radical (unpaired) electrons. The Balaban J connectivity index is 2.21. The highest BCUT2D eigenvalue weighted by molar-refractivity contribution is 6.32. The van der Waals surface area contributed by atoms with Crippen molar-refractivity contribution in [2.75, 3.05) is 6.61 Å². The molecule has 1 aromatic rings. The summed E-state index contributed by atoms with van der Waals surface area (Å²) in [6.45, 7) is 0.497. The first kappa shape index (κ1) is 11.9. The number of hydrogen-bond donors (Lipinski definition) is 1. The first-order valence-corrected chi connectivity index (χ1v) is 5.17. The van der Waals surface area contributed by atoms with Crippen molar-refractivity contribution < 1.29 is 14.6 Å². The van der Waals surface area contributed by atoms with Gasteiger partial charge in [-0.1, -0.05) is 23.7 Å². The average molecular weight is 229 g/mol. The fraction of sp³-hybridized carbons (Fsp3) is 0.364. The normalized spacial score (nSPS) is 9.93. The number of hydrogen-bond acceptors (Lipinski definition) is 2. The number of carboxylic acids is 1. The number of benzene rings is 1. The second-order valence-corrected chi connectivity index (χ2v) is 3.54. The van der Waals surface area contributed by atoms with Crippen LogP contribution in [0.1, 0.15) is 19.3 Å². The molecule has 0 atom stereocenters. The number of aliphatic carboxylic acids is 1. The maximum absolute atomic E-state index is 10.2. The predicted molar refractivity (Wildman–Crippen MR) is 58.4 cm³/mol. The van der Waals surface area contributed by atoms with E-state index in [1.807, 2.05) is 12.1 Å². The minimum Gasteiger partial charge on any atom is -0.492 e. The van der Waals surface area contributed by atoms with Gasteiger partial charge in [0, 0.05) is 6.42 Å². The Kier molecular flexibility index (Phi) is 4.98. The average Bonchev–Trinajstić information content (AvgIpc) is 2.20. The second kappa shape index (κ2) is 6.30. The molecule has 0 saturated heterocycles. The Bertz CT molecular complexity index is 325. The fourth-order valence-electron chi connectivity index (χ4n) is 1.12. The van der Waals surface area contributed by atoms with Crippen LogP contribution in [0.2, 0.25) is 5.02 Å². The van der Waals surface area contributed by atoms with Crippen molar-refractivity contribution in [1.82, 2.24) is 0 Å². The number of halogens is 1. The van der Waals surface area contributed by atoms with Crippen LogP contribution in [0.15, 0.2) is 24.3 Å². The molecule has 0 aliphatic rings. The summed E-state index contributed by atoms with van der Waals surface area (Å²) in [6, 6.07) is 7.23. The standard InChI is InChI=1S/C11H13ClO3/c12-9-5-1-2-6-10(9)15-8-4-3-7-11(13)14/h1-2,5-6H,3-4,7-8H2,(H,13,14). The zero-order valence-corrected chi connectivity index (χ0v) is 9.04. The minimum absolute atomic E-state index is 0.186. The van der Waals surface area contributed by atoms with Crippen molar-refractivity contribution in [2.45, 2.75) is 19.3 Å². The Morgan fingerprint density at radius 3 is 2.73 bits per heavy atom. The van der Waals surface area contributed by atoms with Crippen LogP contribution in [-0.4, -0.2) is 17.7 Å². The minimum atomic E-state index is -0.771.